The number of aliphatic hydroxyl groups is 1. The van der Waals surface area contributed by atoms with E-state index in [1.165, 1.54) is 10.6 Å². The summed E-state index contributed by atoms with van der Waals surface area (Å²) in [6.45, 7) is 3.27. The molecule has 26 heavy (non-hydrogen) atoms. The molecule has 2 fully saturated rings. The molecular weight excluding hydrogens is 330 g/mol. The summed E-state index contributed by atoms with van der Waals surface area (Å²) in [5.41, 5.74) is 1.26. The van der Waals surface area contributed by atoms with Gasteiger partial charge in [0.15, 0.2) is 0 Å². The standard InChI is InChI=1S/C20H29N3O3/c24-18-8-4-5-11-23(20(18)26)15-19(25)21-14-16-9-12-22(13-10-16)17-6-2-1-3-7-17/h1-3,6-7,16,18,24H,4-5,8-15H2,(H,21,25). The van der Waals surface area contributed by atoms with Gasteiger partial charge in [-0.05, 0) is 50.2 Å². The number of piperidine rings is 1. The van der Waals surface area contributed by atoms with Gasteiger partial charge in [-0.15, -0.1) is 0 Å². The molecule has 2 N–H and O–H groups in total. The summed E-state index contributed by atoms with van der Waals surface area (Å²) in [4.78, 5) is 28.1. The van der Waals surface area contributed by atoms with Crippen LogP contribution in [0.4, 0.5) is 5.69 Å². The van der Waals surface area contributed by atoms with E-state index in [-0.39, 0.29) is 18.4 Å². The monoisotopic (exact) mass is 359 g/mol. The Bertz CT molecular complexity index is 600. The number of nitrogens with zero attached hydrogens (tertiary/aromatic N) is 2. The van der Waals surface area contributed by atoms with Crippen molar-refractivity contribution in [3.8, 4) is 0 Å². The molecule has 6 heteroatoms. The van der Waals surface area contributed by atoms with E-state index < -0.39 is 6.10 Å². The molecule has 2 amide bonds. The minimum absolute atomic E-state index is 0.0543. The molecule has 0 aliphatic carbocycles. The number of rotatable bonds is 5. The SMILES string of the molecule is O=C(CN1CCCCC(O)C1=O)NCC1CCN(c2ccccc2)CC1. The Labute approximate surface area is 155 Å². The summed E-state index contributed by atoms with van der Waals surface area (Å²) in [5.74, 6) is 0.0381. The first-order valence-corrected chi connectivity index (χ1v) is 9.67. The molecule has 1 aromatic rings. The average molecular weight is 359 g/mol. The van der Waals surface area contributed by atoms with Crippen molar-refractivity contribution in [2.45, 2.75) is 38.2 Å². The smallest absolute Gasteiger partial charge is 0.251 e. The Morgan fingerprint density at radius 3 is 2.54 bits per heavy atom. The van der Waals surface area contributed by atoms with Crippen LogP contribution in [0.25, 0.3) is 0 Å². The van der Waals surface area contributed by atoms with Crippen LogP contribution in [0.5, 0.6) is 0 Å². The van der Waals surface area contributed by atoms with Gasteiger partial charge < -0.3 is 20.2 Å². The second-order valence-corrected chi connectivity index (χ2v) is 7.34. The number of amides is 2. The Balaban J connectivity index is 1.39. The molecule has 2 aliphatic rings. The van der Waals surface area contributed by atoms with Crippen LogP contribution in [0, 0.1) is 5.92 Å². The van der Waals surface area contributed by atoms with Crippen LogP contribution in [0.1, 0.15) is 32.1 Å². The summed E-state index contributed by atoms with van der Waals surface area (Å²) in [5, 5.41) is 12.7. The lowest BCUT2D eigenvalue weighted by molar-refractivity contribution is -0.142. The van der Waals surface area contributed by atoms with Crippen LogP contribution in [-0.4, -0.2) is 60.6 Å². The second kappa shape index (κ2) is 9.03. The van der Waals surface area contributed by atoms with Gasteiger partial charge in [0.05, 0.1) is 6.54 Å². The molecule has 3 rings (SSSR count). The highest BCUT2D eigenvalue weighted by atomic mass is 16.3. The predicted molar refractivity (Wildman–Crippen MR) is 101 cm³/mol. The lowest BCUT2D eigenvalue weighted by atomic mass is 9.96. The van der Waals surface area contributed by atoms with Crippen LogP contribution in [0.15, 0.2) is 30.3 Å². The third-order valence-corrected chi connectivity index (χ3v) is 5.41. The summed E-state index contributed by atoms with van der Waals surface area (Å²) >= 11 is 0. The minimum atomic E-state index is -0.951. The molecule has 0 bridgehead atoms. The molecule has 0 spiro atoms. The number of carbonyl (C=O) groups is 2. The Morgan fingerprint density at radius 1 is 1.08 bits per heavy atom. The van der Waals surface area contributed by atoms with Gasteiger partial charge >= 0.3 is 0 Å². The largest absolute Gasteiger partial charge is 0.383 e. The first-order chi connectivity index (χ1) is 12.6. The zero-order chi connectivity index (χ0) is 18.4. The van der Waals surface area contributed by atoms with E-state index in [0.29, 0.717) is 25.4 Å². The molecule has 2 aliphatic heterocycles. The highest BCUT2D eigenvalue weighted by Gasteiger charge is 2.27. The highest BCUT2D eigenvalue weighted by molar-refractivity contribution is 5.87. The number of benzene rings is 1. The second-order valence-electron chi connectivity index (χ2n) is 7.34. The molecule has 0 saturated carbocycles. The van der Waals surface area contributed by atoms with E-state index in [0.717, 1.165) is 38.8 Å². The normalized spacial score (nSPS) is 22.2. The number of aliphatic hydroxyl groups excluding tert-OH is 1. The fraction of sp³-hybridized carbons (Fsp3) is 0.600. The zero-order valence-corrected chi connectivity index (χ0v) is 15.3. The van der Waals surface area contributed by atoms with Gasteiger partial charge in [-0.3, -0.25) is 9.59 Å². The van der Waals surface area contributed by atoms with Gasteiger partial charge in [-0.1, -0.05) is 18.2 Å². The van der Waals surface area contributed by atoms with Gasteiger partial charge in [0, 0.05) is 31.9 Å². The fourth-order valence-corrected chi connectivity index (χ4v) is 3.76. The Kier molecular flexibility index (Phi) is 6.50. The van der Waals surface area contributed by atoms with Crippen molar-refractivity contribution in [1.29, 1.82) is 0 Å². The Morgan fingerprint density at radius 2 is 1.81 bits per heavy atom. The van der Waals surface area contributed by atoms with Crippen LogP contribution in [-0.2, 0) is 9.59 Å². The number of likely N-dealkylation sites (tertiary alicyclic amines) is 1. The van der Waals surface area contributed by atoms with E-state index in [9.17, 15) is 14.7 Å². The van der Waals surface area contributed by atoms with E-state index in [1.54, 1.807) is 0 Å². The number of carbonyl (C=O) groups excluding carboxylic acids is 2. The molecule has 0 radical (unpaired) electrons. The lowest BCUT2D eigenvalue weighted by Crippen LogP contribution is -2.45. The minimum Gasteiger partial charge on any atom is -0.383 e. The lowest BCUT2D eigenvalue weighted by Gasteiger charge is -2.33. The number of nitrogens with one attached hydrogen (secondary N) is 1. The molecular formula is C20H29N3O3. The van der Waals surface area contributed by atoms with Crippen molar-refractivity contribution >= 4 is 17.5 Å². The van der Waals surface area contributed by atoms with Gasteiger partial charge in [-0.25, -0.2) is 0 Å². The van der Waals surface area contributed by atoms with Gasteiger partial charge in [0.2, 0.25) is 5.91 Å². The molecule has 0 aromatic heterocycles. The van der Waals surface area contributed by atoms with Crippen LogP contribution in [0.3, 0.4) is 0 Å². The van der Waals surface area contributed by atoms with Crippen molar-refractivity contribution in [3.63, 3.8) is 0 Å². The maximum absolute atomic E-state index is 12.2. The quantitative estimate of drug-likeness (QED) is 0.833. The van der Waals surface area contributed by atoms with Crippen LogP contribution < -0.4 is 10.2 Å². The van der Waals surface area contributed by atoms with E-state index in [1.807, 2.05) is 6.07 Å². The van der Waals surface area contributed by atoms with Gasteiger partial charge in [-0.2, -0.15) is 0 Å². The summed E-state index contributed by atoms with van der Waals surface area (Å²) in [6, 6.07) is 10.4. The fourth-order valence-electron chi connectivity index (χ4n) is 3.76. The first-order valence-electron chi connectivity index (χ1n) is 9.67. The van der Waals surface area contributed by atoms with E-state index >= 15 is 0 Å². The summed E-state index contributed by atoms with van der Waals surface area (Å²) in [6.07, 6.45) is 3.32. The zero-order valence-electron chi connectivity index (χ0n) is 15.3. The van der Waals surface area contributed by atoms with Crippen molar-refractivity contribution in [3.05, 3.63) is 30.3 Å². The van der Waals surface area contributed by atoms with Gasteiger partial charge in [0.1, 0.15) is 6.10 Å². The maximum atomic E-state index is 12.2. The highest BCUT2D eigenvalue weighted by Crippen LogP contribution is 2.22. The maximum Gasteiger partial charge on any atom is 0.251 e. The van der Waals surface area contributed by atoms with Crippen LogP contribution >= 0.6 is 0 Å². The molecule has 6 nitrogen and oxygen atoms in total. The predicted octanol–water partition coefficient (Wildman–Crippen LogP) is 1.39. The molecule has 142 valence electrons. The van der Waals surface area contributed by atoms with E-state index in [2.05, 4.69) is 34.5 Å². The van der Waals surface area contributed by atoms with Crippen molar-refractivity contribution < 1.29 is 14.7 Å². The number of hydrogen-bond acceptors (Lipinski definition) is 4. The van der Waals surface area contributed by atoms with Crippen molar-refractivity contribution in [2.75, 3.05) is 37.6 Å². The van der Waals surface area contributed by atoms with Gasteiger partial charge in [0.25, 0.3) is 5.91 Å². The first kappa shape index (κ1) is 18.7. The van der Waals surface area contributed by atoms with E-state index in [4.69, 9.17) is 0 Å². The number of hydrogen-bond donors (Lipinski definition) is 2. The van der Waals surface area contributed by atoms with Crippen molar-refractivity contribution in [1.82, 2.24) is 10.2 Å². The summed E-state index contributed by atoms with van der Waals surface area (Å²) in [7, 11) is 0. The molecule has 1 unspecified atom stereocenters. The molecule has 2 saturated heterocycles. The van der Waals surface area contributed by atoms with Crippen molar-refractivity contribution in [2.24, 2.45) is 5.92 Å². The topological polar surface area (TPSA) is 72.9 Å². The number of anilines is 1. The third kappa shape index (κ3) is 4.97. The molecule has 1 atom stereocenters. The third-order valence-electron chi connectivity index (χ3n) is 5.41. The average Bonchev–Trinajstić information content (AvgIpc) is 2.83. The van der Waals surface area contributed by atoms with Crippen LogP contribution in [0.2, 0.25) is 0 Å². The number of para-hydroxylation sites is 1. The Hall–Kier alpha value is -2.08. The molecule has 2 heterocycles. The summed E-state index contributed by atoms with van der Waals surface area (Å²) < 4.78 is 0. The molecule has 1 aromatic carbocycles.